The van der Waals surface area contributed by atoms with E-state index in [0.717, 1.165) is 37.4 Å². The first-order chi connectivity index (χ1) is 13.1. The second kappa shape index (κ2) is 7.82. The van der Waals surface area contributed by atoms with Gasteiger partial charge >= 0.3 is 6.09 Å². The minimum atomic E-state index is -0.476. The summed E-state index contributed by atoms with van der Waals surface area (Å²) < 4.78 is 17.1. The Morgan fingerprint density at radius 2 is 1.82 bits per heavy atom. The van der Waals surface area contributed by atoms with Crippen molar-refractivity contribution >= 4 is 11.8 Å². The van der Waals surface area contributed by atoms with Gasteiger partial charge in [0.05, 0.1) is 18.8 Å². The molecule has 0 unspecified atom stereocenters. The summed E-state index contributed by atoms with van der Waals surface area (Å²) in [6.07, 6.45) is 1.40. The van der Waals surface area contributed by atoms with E-state index < -0.39 is 5.60 Å². The molecule has 0 radical (unpaired) electrons. The van der Waals surface area contributed by atoms with E-state index in [4.69, 9.17) is 14.2 Å². The number of carbonyl (C=O) groups is 1. The molecule has 1 aromatic rings. The molecule has 28 heavy (non-hydrogen) atoms. The van der Waals surface area contributed by atoms with Gasteiger partial charge in [0, 0.05) is 26.7 Å². The zero-order valence-corrected chi connectivity index (χ0v) is 18.1. The Bertz CT molecular complexity index is 724. The highest BCUT2D eigenvalue weighted by atomic mass is 16.6. The molecular weight excluding hydrogens is 356 g/mol. The summed E-state index contributed by atoms with van der Waals surface area (Å²) in [4.78, 5) is 16.6. The Hall–Kier alpha value is -1.95. The van der Waals surface area contributed by atoms with Crippen molar-refractivity contribution in [2.75, 3.05) is 44.8 Å². The molecule has 0 aliphatic carbocycles. The van der Waals surface area contributed by atoms with Gasteiger partial charge in [-0.05, 0) is 70.7 Å². The largest absolute Gasteiger partial charge is 0.484 e. The number of amides is 1. The molecule has 156 valence electrons. The van der Waals surface area contributed by atoms with Crippen LogP contribution in [0.2, 0.25) is 0 Å². The molecule has 0 saturated carbocycles. The van der Waals surface area contributed by atoms with Crippen molar-refractivity contribution in [3.63, 3.8) is 0 Å². The maximum Gasteiger partial charge on any atom is 0.410 e. The molecule has 1 amide bonds. The summed E-state index contributed by atoms with van der Waals surface area (Å²) in [6, 6.07) is 4.41. The standard InChI is InChI=1S/C22H34N2O4/c1-21(2,3)28-20(25)23-9-7-16-13-18-19(14-17(16)8-10-23)27-22(4,5)15-24(18)11-12-26-6/h13-14H,7-12,15H2,1-6H3. The molecule has 0 saturated heterocycles. The van der Waals surface area contributed by atoms with Gasteiger partial charge in [0.1, 0.15) is 17.0 Å². The highest BCUT2D eigenvalue weighted by Gasteiger charge is 2.33. The fourth-order valence-electron chi connectivity index (χ4n) is 3.86. The molecule has 6 nitrogen and oxygen atoms in total. The van der Waals surface area contributed by atoms with Crippen LogP contribution in [0.1, 0.15) is 45.7 Å². The molecule has 6 heteroatoms. The van der Waals surface area contributed by atoms with Crippen LogP contribution in [0.15, 0.2) is 12.1 Å². The van der Waals surface area contributed by atoms with Crippen LogP contribution in [0.4, 0.5) is 10.5 Å². The number of fused-ring (bicyclic) bond motifs is 2. The van der Waals surface area contributed by atoms with Crippen molar-refractivity contribution in [1.29, 1.82) is 0 Å². The third kappa shape index (κ3) is 4.90. The van der Waals surface area contributed by atoms with Crippen LogP contribution in [0.3, 0.4) is 0 Å². The average molecular weight is 391 g/mol. The molecule has 2 aliphatic heterocycles. The molecular formula is C22H34N2O4. The minimum absolute atomic E-state index is 0.232. The summed E-state index contributed by atoms with van der Waals surface area (Å²) in [7, 11) is 1.73. The van der Waals surface area contributed by atoms with E-state index in [1.807, 2.05) is 25.7 Å². The molecule has 0 aromatic heterocycles. The van der Waals surface area contributed by atoms with Crippen LogP contribution in [0, 0.1) is 0 Å². The Labute approximate surface area is 168 Å². The normalized spacial score (nSPS) is 18.6. The van der Waals surface area contributed by atoms with Crippen molar-refractivity contribution in [3.05, 3.63) is 23.3 Å². The van der Waals surface area contributed by atoms with Crippen molar-refractivity contribution in [3.8, 4) is 5.75 Å². The molecule has 0 spiro atoms. The summed E-state index contributed by atoms with van der Waals surface area (Å²) in [5, 5.41) is 0. The second-order valence-electron chi connectivity index (χ2n) is 9.33. The van der Waals surface area contributed by atoms with E-state index >= 15 is 0 Å². The lowest BCUT2D eigenvalue weighted by Crippen LogP contribution is -2.48. The first kappa shape index (κ1) is 20.8. The molecule has 2 aliphatic rings. The number of rotatable bonds is 3. The number of methoxy groups -OCH3 is 1. The number of hydrogen-bond donors (Lipinski definition) is 0. The highest BCUT2D eigenvalue weighted by molar-refractivity contribution is 5.69. The summed E-state index contributed by atoms with van der Waals surface area (Å²) in [6.45, 7) is 13.6. The fraction of sp³-hybridized carbons (Fsp3) is 0.682. The number of nitrogens with zero attached hydrogens (tertiary/aromatic N) is 2. The van der Waals surface area contributed by atoms with E-state index in [2.05, 4.69) is 30.9 Å². The van der Waals surface area contributed by atoms with Crippen molar-refractivity contribution in [2.24, 2.45) is 0 Å². The topological polar surface area (TPSA) is 51.2 Å². The van der Waals surface area contributed by atoms with E-state index in [0.29, 0.717) is 19.7 Å². The lowest BCUT2D eigenvalue weighted by Gasteiger charge is -2.41. The number of anilines is 1. The van der Waals surface area contributed by atoms with Gasteiger partial charge in [0.15, 0.2) is 0 Å². The van der Waals surface area contributed by atoms with Crippen molar-refractivity contribution in [1.82, 2.24) is 4.90 Å². The van der Waals surface area contributed by atoms with Gasteiger partial charge in [-0.25, -0.2) is 4.79 Å². The van der Waals surface area contributed by atoms with Crippen LogP contribution in [-0.4, -0.2) is 62.1 Å². The van der Waals surface area contributed by atoms with Crippen LogP contribution < -0.4 is 9.64 Å². The average Bonchev–Trinajstić information content (AvgIpc) is 2.78. The Morgan fingerprint density at radius 1 is 1.18 bits per heavy atom. The molecule has 0 atom stereocenters. The van der Waals surface area contributed by atoms with Crippen LogP contribution >= 0.6 is 0 Å². The monoisotopic (exact) mass is 390 g/mol. The first-order valence-corrected chi connectivity index (χ1v) is 10.1. The number of hydrogen-bond acceptors (Lipinski definition) is 5. The predicted octanol–water partition coefficient (Wildman–Crippen LogP) is 3.65. The lowest BCUT2D eigenvalue weighted by molar-refractivity contribution is 0.0258. The van der Waals surface area contributed by atoms with Crippen LogP contribution in [0.5, 0.6) is 5.75 Å². The van der Waals surface area contributed by atoms with E-state index in [1.165, 1.54) is 11.1 Å². The lowest BCUT2D eigenvalue weighted by atomic mass is 9.98. The van der Waals surface area contributed by atoms with Crippen LogP contribution in [0.25, 0.3) is 0 Å². The molecule has 3 rings (SSSR count). The third-order valence-electron chi connectivity index (χ3n) is 5.10. The molecule has 2 heterocycles. The molecule has 0 fully saturated rings. The minimum Gasteiger partial charge on any atom is -0.484 e. The predicted molar refractivity (Wildman–Crippen MR) is 110 cm³/mol. The van der Waals surface area contributed by atoms with Gasteiger partial charge in [0.2, 0.25) is 0 Å². The van der Waals surface area contributed by atoms with Crippen molar-refractivity contribution in [2.45, 2.75) is 58.7 Å². The summed E-state index contributed by atoms with van der Waals surface area (Å²) in [5.74, 6) is 0.928. The number of ether oxygens (including phenoxy) is 3. The molecule has 0 bridgehead atoms. The van der Waals surface area contributed by atoms with E-state index in [1.54, 1.807) is 7.11 Å². The SMILES string of the molecule is COCCN1CC(C)(C)Oc2cc3c(cc21)CCN(C(=O)OC(C)(C)C)CC3. The first-order valence-electron chi connectivity index (χ1n) is 10.1. The summed E-state index contributed by atoms with van der Waals surface area (Å²) >= 11 is 0. The Morgan fingerprint density at radius 3 is 2.43 bits per heavy atom. The van der Waals surface area contributed by atoms with Gasteiger partial charge in [0.25, 0.3) is 0 Å². The maximum absolute atomic E-state index is 12.5. The highest BCUT2D eigenvalue weighted by Crippen LogP contribution is 2.39. The van der Waals surface area contributed by atoms with E-state index in [-0.39, 0.29) is 11.7 Å². The second-order valence-corrected chi connectivity index (χ2v) is 9.33. The quantitative estimate of drug-likeness (QED) is 0.789. The molecule has 1 aromatic carbocycles. The van der Waals surface area contributed by atoms with E-state index in [9.17, 15) is 4.79 Å². The number of benzene rings is 1. The third-order valence-corrected chi connectivity index (χ3v) is 5.10. The van der Waals surface area contributed by atoms with Crippen LogP contribution in [-0.2, 0) is 22.3 Å². The van der Waals surface area contributed by atoms with Gasteiger partial charge < -0.3 is 24.0 Å². The summed E-state index contributed by atoms with van der Waals surface area (Å²) in [5.41, 5.74) is 2.95. The Balaban J connectivity index is 1.81. The zero-order valence-electron chi connectivity index (χ0n) is 18.1. The number of carbonyl (C=O) groups excluding carboxylic acids is 1. The smallest absolute Gasteiger partial charge is 0.410 e. The van der Waals surface area contributed by atoms with Gasteiger partial charge in [-0.15, -0.1) is 0 Å². The van der Waals surface area contributed by atoms with Gasteiger partial charge in [-0.3, -0.25) is 0 Å². The zero-order chi connectivity index (χ0) is 20.5. The van der Waals surface area contributed by atoms with Crippen molar-refractivity contribution < 1.29 is 19.0 Å². The van der Waals surface area contributed by atoms with Gasteiger partial charge in [-0.2, -0.15) is 0 Å². The Kier molecular flexibility index (Phi) is 5.80. The molecule has 0 N–H and O–H groups in total. The fourth-order valence-corrected chi connectivity index (χ4v) is 3.86. The maximum atomic E-state index is 12.5. The van der Waals surface area contributed by atoms with Gasteiger partial charge in [-0.1, -0.05) is 0 Å².